The van der Waals surface area contributed by atoms with Crippen LogP contribution in [0.25, 0.3) is 0 Å². The Morgan fingerprint density at radius 1 is 1.11 bits per heavy atom. The molecule has 28 heavy (non-hydrogen) atoms. The van der Waals surface area contributed by atoms with Crippen molar-refractivity contribution in [2.45, 2.75) is 20.4 Å². The highest BCUT2D eigenvalue weighted by Crippen LogP contribution is 2.14. The number of hydrogen-bond acceptors (Lipinski definition) is 7. The van der Waals surface area contributed by atoms with Gasteiger partial charge < -0.3 is 5.32 Å². The van der Waals surface area contributed by atoms with Gasteiger partial charge in [0, 0.05) is 30.4 Å². The smallest absolute Gasteiger partial charge is 0.269 e. The molecule has 0 fully saturated rings. The Balaban J connectivity index is 1.68. The summed E-state index contributed by atoms with van der Waals surface area (Å²) in [5.74, 6) is 1.07. The lowest BCUT2D eigenvalue weighted by atomic mass is 10.1. The molecule has 0 radical (unpaired) electrons. The Morgan fingerprint density at radius 3 is 2.50 bits per heavy atom. The summed E-state index contributed by atoms with van der Waals surface area (Å²) >= 11 is 0. The maximum atomic E-state index is 10.7. The van der Waals surface area contributed by atoms with Crippen molar-refractivity contribution in [2.75, 3.05) is 10.7 Å². The predicted octanol–water partition coefficient (Wildman–Crippen LogP) is 4.14. The van der Waals surface area contributed by atoms with Crippen molar-refractivity contribution in [2.24, 2.45) is 5.10 Å². The summed E-state index contributed by atoms with van der Waals surface area (Å²) in [7, 11) is 0. The van der Waals surface area contributed by atoms with Crippen LogP contribution in [-0.4, -0.2) is 20.6 Å². The van der Waals surface area contributed by atoms with Gasteiger partial charge in [0.2, 0.25) is 5.95 Å². The normalized spacial score (nSPS) is 11.1. The van der Waals surface area contributed by atoms with Crippen LogP contribution >= 0.6 is 0 Å². The third-order valence-corrected chi connectivity index (χ3v) is 3.98. The highest BCUT2D eigenvalue weighted by Gasteiger charge is 2.06. The molecule has 8 nitrogen and oxygen atoms in total. The molecule has 0 atom stereocenters. The van der Waals surface area contributed by atoms with E-state index in [0.29, 0.717) is 24.0 Å². The summed E-state index contributed by atoms with van der Waals surface area (Å²) in [6.07, 6.45) is 0. The van der Waals surface area contributed by atoms with Crippen molar-refractivity contribution < 1.29 is 4.92 Å². The monoisotopic (exact) mass is 376 g/mol. The number of anilines is 2. The molecule has 0 amide bonds. The van der Waals surface area contributed by atoms with Crippen LogP contribution in [0.4, 0.5) is 17.5 Å². The van der Waals surface area contributed by atoms with Gasteiger partial charge in [-0.25, -0.2) is 4.98 Å². The lowest BCUT2D eigenvalue weighted by Crippen LogP contribution is -2.07. The van der Waals surface area contributed by atoms with Crippen molar-refractivity contribution >= 4 is 23.2 Å². The number of hydrogen-bond donors (Lipinski definition) is 2. The summed E-state index contributed by atoms with van der Waals surface area (Å²) in [4.78, 5) is 19.1. The Kier molecular flexibility index (Phi) is 5.91. The number of aryl methyl sites for hydroxylation is 1. The zero-order chi connectivity index (χ0) is 19.9. The number of rotatable bonds is 7. The molecule has 2 aromatic carbocycles. The molecule has 3 rings (SSSR count). The highest BCUT2D eigenvalue weighted by atomic mass is 16.6. The lowest BCUT2D eigenvalue weighted by molar-refractivity contribution is -0.384. The first-order valence-electron chi connectivity index (χ1n) is 8.70. The topological polar surface area (TPSA) is 105 Å². The SMILES string of the molecule is C/C(=N/Nc1cc(C)nc(NCc2ccccc2)n1)c1ccc([N+](=O)[O-])cc1. The average Bonchev–Trinajstić information content (AvgIpc) is 2.71. The first-order chi connectivity index (χ1) is 13.5. The second-order valence-electron chi connectivity index (χ2n) is 6.17. The Labute approximate surface area is 162 Å². The van der Waals surface area contributed by atoms with Gasteiger partial charge in [0.1, 0.15) is 0 Å². The van der Waals surface area contributed by atoms with Gasteiger partial charge in [-0.05, 0) is 37.1 Å². The van der Waals surface area contributed by atoms with E-state index in [4.69, 9.17) is 0 Å². The lowest BCUT2D eigenvalue weighted by Gasteiger charge is -2.08. The number of nitro benzene ring substituents is 1. The molecule has 0 saturated carbocycles. The van der Waals surface area contributed by atoms with Crippen LogP contribution in [0.1, 0.15) is 23.7 Å². The van der Waals surface area contributed by atoms with E-state index in [0.717, 1.165) is 16.8 Å². The van der Waals surface area contributed by atoms with Crippen LogP contribution in [0.5, 0.6) is 0 Å². The van der Waals surface area contributed by atoms with Crippen LogP contribution in [0, 0.1) is 17.0 Å². The Morgan fingerprint density at radius 2 is 1.82 bits per heavy atom. The number of nitrogens with one attached hydrogen (secondary N) is 2. The first-order valence-corrected chi connectivity index (χ1v) is 8.70. The molecule has 0 saturated heterocycles. The van der Waals surface area contributed by atoms with E-state index in [2.05, 4.69) is 25.8 Å². The van der Waals surface area contributed by atoms with E-state index in [1.807, 2.05) is 44.2 Å². The van der Waals surface area contributed by atoms with Gasteiger partial charge in [0.15, 0.2) is 5.82 Å². The Hall–Kier alpha value is -3.81. The minimum atomic E-state index is -0.428. The van der Waals surface area contributed by atoms with E-state index in [1.54, 1.807) is 18.2 Å². The van der Waals surface area contributed by atoms with Gasteiger partial charge in [-0.15, -0.1) is 0 Å². The second kappa shape index (κ2) is 8.72. The summed E-state index contributed by atoms with van der Waals surface area (Å²) in [5.41, 5.74) is 6.37. The van der Waals surface area contributed by atoms with Crippen LogP contribution < -0.4 is 10.7 Å². The van der Waals surface area contributed by atoms with E-state index in [-0.39, 0.29) is 5.69 Å². The van der Waals surface area contributed by atoms with Gasteiger partial charge in [-0.3, -0.25) is 15.5 Å². The molecule has 142 valence electrons. The molecule has 2 N–H and O–H groups in total. The van der Waals surface area contributed by atoms with Crippen LogP contribution in [0.2, 0.25) is 0 Å². The van der Waals surface area contributed by atoms with Gasteiger partial charge in [0.05, 0.1) is 10.6 Å². The van der Waals surface area contributed by atoms with E-state index in [9.17, 15) is 10.1 Å². The van der Waals surface area contributed by atoms with Gasteiger partial charge >= 0.3 is 0 Å². The van der Waals surface area contributed by atoms with Gasteiger partial charge in [0.25, 0.3) is 5.69 Å². The van der Waals surface area contributed by atoms with Crippen molar-refractivity contribution in [1.82, 2.24) is 9.97 Å². The molecule has 0 spiro atoms. The molecule has 0 bridgehead atoms. The van der Waals surface area contributed by atoms with E-state index >= 15 is 0 Å². The molecule has 0 aliphatic rings. The zero-order valence-electron chi connectivity index (χ0n) is 15.6. The van der Waals surface area contributed by atoms with Crippen molar-refractivity contribution in [1.29, 1.82) is 0 Å². The predicted molar refractivity (Wildman–Crippen MR) is 109 cm³/mol. The number of nitrogens with zero attached hydrogens (tertiary/aromatic N) is 4. The summed E-state index contributed by atoms with van der Waals surface area (Å²) < 4.78 is 0. The minimum absolute atomic E-state index is 0.0464. The van der Waals surface area contributed by atoms with Crippen LogP contribution in [0.15, 0.2) is 65.8 Å². The third-order valence-electron chi connectivity index (χ3n) is 3.98. The number of nitro groups is 1. The number of hydrazone groups is 1. The number of non-ortho nitro benzene ring substituents is 1. The Bertz CT molecular complexity index is 987. The summed E-state index contributed by atoms with van der Waals surface area (Å²) in [6.45, 7) is 4.32. The third kappa shape index (κ3) is 5.10. The molecule has 1 aromatic heterocycles. The molecule has 3 aromatic rings. The van der Waals surface area contributed by atoms with Crippen molar-refractivity contribution in [3.05, 3.63) is 87.6 Å². The number of benzene rings is 2. The average molecular weight is 376 g/mol. The second-order valence-corrected chi connectivity index (χ2v) is 6.17. The van der Waals surface area contributed by atoms with Gasteiger partial charge in [-0.1, -0.05) is 30.3 Å². The quantitative estimate of drug-likeness (QED) is 0.365. The molecule has 0 aliphatic heterocycles. The van der Waals surface area contributed by atoms with E-state index < -0.39 is 4.92 Å². The summed E-state index contributed by atoms with van der Waals surface area (Å²) in [6, 6.07) is 18.0. The maximum Gasteiger partial charge on any atom is 0.269 e. The van der Waals surface area contributed by atoms with Crippen molar-refractivity contribution in [3.8, 4) is 0 Å². The standard InChI is InChI=1S/C20H20N6O2/c1-14-12-19(23-20(22-14)21-13-16-6-4-3-5-7-16)25-24-15(2)17-8-10-18(11-9-17)26(27)28/h3-12H,13H2,1-2H3,(H2,21,22,23,25)/b24-15-. The van der Waals surface area contributed by atoms with Crippen LogP contribution in [-0.2, 0) is 6.54 Å². The maximum absolute atomic E-state index is 10.7. The molecule has 8 heteroatoms. The summed E-state index contributed by atoms with van der Waals surface area (Å²) in [5, 5.41) is 18.3. The minimum Gasteiger partial charge on any atom is -0.350 e. The molecule has 0 aliphatic carbocycles. The zero-order valence-corrected chi connectivity index (χ0v) is 15.6. The highest BCUT2D eigenvalue weighted by molar-refractivity contribution is 5.99. The number of aromatic nitrogens is 2. The van der Waals surface area contributed by atoms with Gasteiger partial charge in [-0.2, -0.15) is 10.1 Å². The van der Waals surface area contributed by atoms with Crippen LogP contribution in [0.3, 0.4) is 0 Å². The largest absolute Gasteiger partial charge is 0.350 e. The fraction of sp³-hybridized carbons (Fsp3) is 0.150. The fourth-order valence-corrected chi connectivity index (χ4v) is 2.51. The molecular formula is C20H20N6O2. The van der Waals surface area contributed by atoms with E-state index in [1.165, 1.54) is 12.1 Å². The fourth-order valence-electron chi connectivity index (χ4n) is 2.51. The molecular weight excluding hydrogens is 356 g/mol. The molecule has 1 heterocycles. The first kappa shape index (κ1) is 19.0. The van der Waals surface area contributed by atoms with Crippen molar-refractivity contribution in [3.63, 3.8) is 0 Å². The molecule has 0 unspecified atom stereocenters.